The third kappa shape index (κ3) is 2.44. The third-order valence-electron chi connectivity index (χ3n) is 2.57. The van der Waals surface area contributed by atoms with Crippen LogP contribution in [0.3, 0.4) is 0 Å². The molecule has 1 aromatic carbocycles. The fourth-order valence-electron chi connectivity index (χ4n) is 1.54. The van der Waals surface area contributed by atoms with Gasteiger partial charge in [-0.05, 0) is 31.2 Å². The number of nitrogens with zero attached hydrogens (tertiary/aromatic N) is 1. The summed E-state index contributed by atoms with van der Waals surface area (Å²) >= 11 is 0. The van der Waals surface area contributed by atoms with Gasteiger partial charge in [0.15, 0.2) is 9.84 Å². The van der Waals surface area contributed by atoms with Gasteiger partial charge in [0.05, 0.1) is 11.5 Å². The lowest BCUT2D eigenvalue weighted by Gasteiger charge is -1.99. The number of aromatic nitrogens is 1. The first-order valence-corrected chi connectivity index (χ1v) is 7.18. The highest BCUT2D eigenvalue weighted by Gasteiger charge is 2.12. The number of aliphatic hydroxyl groups is 1. The monoisotopic (exact) mass is 267 g/mol. The normalized spacial score (nSPS) is 11.7. The van der Waals surface area contributed by atoms with Gasteiger partial charge in [0.2, 0.25) is 5.89 Å². The van der Waals surface area contributed by atoms with Gasteiger partial charge in [-0.3, -0.25) is 0 Å². The maximum absolute atomic E-state index is 11.3. The Bertz CT molecular complexity index is 656. The molecular formula is C12H13NO4S. The molecule has 6 heteroatoms. The first kappa shape index (κ1) is 12.8. The molecule has 0 saturated heterocycles. The van der Waals surface area contributed by atoms with E-state index in [0.717, 1.165) is 6.26 Å². The molecule has 0 aliphatic rings. The van der Waals surface area contributed by atoms with E-state index in [-0.39, 0.29) is 11.5 Å². The van der Waals surface area contributed by atoms with Crippen LogP contribution in [-0.2, 0) is 16.4 Å². The number of hydrogen-bond acceptors (Lipinski definition) is 5. The number of benzene rings is 1. The maximum Gasteiger partial charge on any atom is 0.226 e. The van der Waals surface area contributed by atoms with Gasteiger partial charge in [-0.15, -0.1) is 0 Å². The zero-order valence-corrected chi connectivity index (χ0v) is 10.9. The van der Waals surface area contributed by atoms with Gasteiger partial charge in [-0.25, -0.2) is 13.4 Å². The molecule has 2 aromatic rings. The van der Waals surface area contributed by atoms with E-state index in [2.05, 4.69) is 4.98 Å². The minimum atomic E-state index is -3.20. The van der Waals surface area contributed by atoms with E-state index in [1.165, 1.54) is 12.1 Å². The fourth-order valence-corrected chi connectivity index (χ4v) is 2.17. The summed E-state index contributed by atoms with van der Waals surface area (Å²) in [7, 11) is -3.20. The number of rotatable bonds is 3. The van der Waals surface area contributed by atoms with Crippen LogP contribution in [0.25, 0.3) is 11.5 Å². The van der Waals surface area contributed by atoms with Crippen molar-refractivity contribution in [3.05, 3.63) is 35.7 Å². The second-order valence-corrected chi connectivity index (χ2v) is 5.99. The Labute approximate surface area is 105 Å². The van der Waals surface area contributed by atoms with Crippen LogP contribution >= 0.6 is 0 Å². The van der Waals surface area contributed by atoms with E-state index in [1.807, 2.05) is 0 Å². The summed E-state index contributed by atoms with van der Waals surface area (Å²) in [5.74, 6) is 0.927. The molecule has 5 nitrogen and oxygen atoms in total. The lowest BCUT2D eigenvalue weighted by molar-refractivity contribution is 0.275. The Morgan fingerprint density at radius 3 is 2.33 bits per heavy atom. The first-order chi connectivity index (χ1) is 8.41. The van der Waals surface area contributed by atoms with Crippen molar-refractivity contribution in [1.82, 2.24) is 4.98 Å². The predicted octanol–water partition coefficient (Wildman–Crippen LogP) is 1.55. The van der Waals surface area contributed by atoms with Crippen molar-refractivity contribution in [3.8, 4) is 11.5 Å². The molecule has 18 heavy (non-hydrogen) atoms. The van der Waals surface area contributed by atoms with Crippen LogP contribution in [0.15, 0.2) is 33.6 Å². The van der Waals surface area contributed by atoms with Crippen LogP contribution in [0, 0.1) is 6.92 Å². The summed E-state index contributed by atoms with van der Waals surface area (Å²) in [4.78, 5) is 4.37. The van der Waals surface area contributed by atoms with E-state index in [4.69, 9.17) is 9.52 Å². The molecule has 0 spiro atoms. The highest BCUT2D eigenvalue weighted by Crippen LogP contribution is 2.23. The van der Waals surface area contributed by atoms with Crippen LogP contribution in [0.5, 0.6) is 0 Å². The van der Waals surface area contributed by atoms with Gasteiger partial charge < -0.3 is 9.52 Å². The molecule has 1 heterocycles. The SMILES string of the molecule is Cc1oc(-c2ccc(S(C)(=O)=O)cc2)nc1CO. The summed E-state index contributed by atoms with van der Waals surface area (Å²) in [6.07, 6.45) is 1.15. The topological polar surface area (TPSA) is 80.4 Å². The summed E-state index contributed by atoms with van der Waals surface area (Å²) in [5.41, 5.74) is 1.15. The zero-order valence-electron chi connectivity index (χ0n) is 10.0. The summed E-state index contributed by atoms with van der Waals surface area (Å²) in [6.45, 7) is 1.53. The third-order valence-corrected chi connectivity index (χ3v) is 3.70. The molecule has 1 N–H and O–H groups in total. The standard InChI is InChI=1S/C12H13NO4S/c1-8-11(7-14)13-12(17-8)9-3-5-10(6-4-9)18(2,15)16/h3-6,14H,7H2,1-2H3. The van der Waals surface area contributed by atoms with Crippen LogP contribution in [0.1, 0.15) is 11.5 Å². The first-order valence-electron chi connectivity index (χ1n) is 5.29. The van der Waals surface area contributed by atoms with Crippen molar-refractivity contribution >= 4 is 9.84 Å². The van der Waals surface area contributed by atoms with Crippen molar-refractivity contribution in [2.24, 2.45) is 0 Å². The Hall–Kier alpha value is -1.66. The van der Waals surface area contributed by atoms with Gasteiger partial charge >= 0.3 is 0 Å². The van der Waals surface area contributed by atoms with Crippen molar-refractivity contribution in [1.29, 1.82) is 0 Å². The average Bonchev–Trinajstić information content (AvgIpc) is 2.69. The molecule has 0 atom stereocenters. The summed E-state index contributed by atoms with van der Waals surface area (Å²) in [5, 5.41) is 9.03. The maximum atomic E-state index is 11.3. The Morgan fingerprint density at radius 1 is 1.28 bits per heavy atom. The zero-order chi connectivity index (χ0) is 13.3. The molecule has 2 rings (SSSR count). The molecule has 0 fully saturated rings. The molecule has 0 aliphatic carbocycles. The van der Waals surface area contributed by atoms with Crippen molar-refractivity contribution < 1.29 is 17.9 Å². The van der Waals surface area contributed by atoms with Crippen LogP contribution < -0.4 is 0 Å². The summed E-state index contributed by atoms with van der Waals surface area (Å²) in [6, 6.07) is 6.26. The molecule has 0 amide bonds. The highest BCUT2D eigenvalue weighted by atomic mass is 32.2. The molecule has 1 aromatic heterocycles. The molecule has 96 valence electrons. The smallest absolute Gasteiger partial charge is 0.226 e. The minimum Gasteiger partial charge on any atom is -0.441 e. The average molecular weight is 267 g/mol. The lowest BCUT2D eigenvalue weighted by atomic mass is 10.2. The van der Waals surface area contributed by atoms with E-state index in [0.29, 0.717) is 22.9 Å². The molecule has 0 radical (unpaired) electrons. The number of sulfone groups is 1. The molecular weight excluding hydrogens is 254 g/mol. The minimum absolute atomic E-state index is 0.184. The fraction of sp³-hybridized carbons (Fsp3) is 0.250. The number of aryl methyl sites for hydroxylation is 1. The molecule has 0 unspecified atom stereocenters. The van der Waals surface area contributed by atoms with Gasteiger partial charge in [0.25, 0.3) is 0 Å². The molecule has 0 saturated carbocycles. The Kier molecular flexibility index (Phi) is 3.23. The van der Waals surface area contributed by atoms with Gasteiger partial charge in [-0.1, -0.05) is 0 Å². The van der Waals surface area contributed by atoms with E-state index in [1.54, 1.807) is 19.1 Å². The van der Waals surface area contributed by atoms with Crippen molar-refractivity contribution in [2.75, 3.05) is 6.26 Å². The van der Waals surface area contributed by atoms with Gasteiger partial charge in [0, 0.05) is 11.8 Å². The summed E-state index contributed by atoms with van der Waals surface area (Å²) < 4.78 is 28.0. The largest absolute Gasteiger partial charge is 0.441 e. The number of oxazole rings is 1. The van der Waals surface area contributed by atoms with Crippen molar-refractivity contribution in [3.63, 3.8) is 0 Å². The highest BCUT2D eigenvalue weighted by molar-refractivity contribution is 7.90. The van der Waals surface area contributed by atoms with Crippen LogP contribution in [0.2, 0.25) is 0 Å². The van der Waals surface area contributed by atoms with Crippen LogP contribution in [-0.4, -0.2) is 24.8 Å². The quantitative estimate of drug-likeness (QED) is 0.912. The van der Waals surface area contributed by atoms with E-state index < -0.39 is 9.84 Å². The van der Waals surface area contributed by atoms with E-state index >= 15 is 0 Å². The second kappa shape index (κ2) is 4.55. The number of aliphatic hydroxyl groups excluding tert-OH is 1. The van der Waals surface area contributed by atoms with Crippen molar-refractivity contribution in [2.45, 2.75) is 18.4 Å². The van der Waals surface area contributed by atoms with Gasteiger partial charge in [-0.2, -0.15) is 0 Å². The lowest BCUT2D eigenvalue weighted by Crippen LogP contribution is -1.96. The second-order valence-electron chi connectivity index (χ2n) is 3.98. The molecule has 0 bridgehead atoms. The van der Waals surface area contributed by atoms with Gasteiger partial charge in [0.1, 0.15) is 11.5 Å². The molecule has 0 aliphatic heterocycles. The Morgan fingerprint density at radius 2 is 1.89 bits per heavy atom. The Balaban J connectivity index is 2.40. The van der Waals surface area contributed by atoms with E-state index in [9.17, 15) is 8.42 Å². The predicted molar refractivity (Wildman–Crippen MR) is 65.7 cm³/mol. The van der Waals surface area contributed by atoms with Crippen LogP contribution in [0.4, 0.5) is 0 Å². The number of hydrogen-bond donors (Lipinski definition) is 1.